The summed E-state index contributed by atoms with van der Waals surface area (Å²) < 4.78 is 0. The Balaban J connectivity index is 2.19. The molecule has 0 aliphatic heterocycles. The van der Waals surface area contributed by atoms with E-state index in [-0.39, 0.29) is 0 Å². The summed E-state index contributed by atoms with van der Waals surface area (Å²) in [6.07, 6.45) is 2.08. The Labute approximate surface area is 103 Å². The van der Waals surface area contributed by atoms with Crippen molar-refractivity contribution in [2.24, 2.45) is 0 Å². The second-order valence-electron chi connectivity index (χ2n) is 4.53. The standard InChI is InChI=1S/C16H19N/c1-3-13-4-6-14(7-5-13)11-15-8-9-16(17)10-12(15)2/h4-10H,3,11,17H2,1-2H3. The first-order valence-electron chi connectivity index (χ1n) is 6.12. The van der Waals surface area contributed by atoms with Crippen LogP contribution in [-0.2, 0) is 12.8 Å². The average Bonchev–Trinajstić information content (AvgIpc) is 2.34. The molecule has 88 valence electrons. The molecule has 0 heterocycles. The first-order chi connectivity index (χ1) is 8.19. The zero-order chi connectivity index (χ0) is 12.3. The molecule has 0 amide bonds. The third kappa shape index (κ3) is 2.88. The van der Waals surface area contributed by atoms with Gasteiger partial charge in [-0.1, -0.05) is 37.3 Å². The van der Waals surface area contributed by atoms with Crippen molar-refractivity contribution in [3.63, 3.8) is 0 Å². The van der Waals surface area contributed by atoms with Gasteiger partial charge in [0, 0.05) is 5.69 Å². The highest BCUT2D eigenvalue weighted by Crippen LogP contribution is 2.17. The van der Waals surface area contributed by atoms with Crippen LogP contribution < -0.4 is 5.73 Å². The molecule has 2 rings (SSSR count). The molecule has 2 N–H and O–H groups in total. The molecule has 1 heteroatoms. The van der Waals surface area contributed by atoms with E-state index in [1.807, 2.05) is 12.1 Å². The fraction of sp³-hybridized carbons (Fsp3) is 0.250. The van der Waals surface area contributed by atoms with E-state index in [1.54, 1.807) is 0 Å². The lowest BCUT2D eigenvalue weighted by atomic mass is 9.99. The highest BCUT2D eigenvalue weighted by molar-refractivity contribution is 5.45. The molecule has 1 nitrogen and oxygen atoms in total. The first kappa shape index (κ1) is 11.7. The van der Waals surface area contributed by atoms with Gasteiger partial charge < -0.3 is 5.73 Å². The van der Waals surface area contributed by atoms with Gasteiger partial charge in [0.1, 0.15) is 0 Å². The molecule has 0 radical (unpaired) electrons. The van der Waals surface area contributed by atoms with E-state index in [4.69, 9.17) is 5.73 Å². The molecular weight excluding hydrogens is 206 g/mol. The zero-order valence-electron chi connectivity index (χ0n) is 10.5. The lowest BCUT2D eigenvalue weighted by molar-refractivity contribution is 1.11. The summed E-state index contributed by atoms with van der Waals surface area (Å²) in [5.74, 6) is 0. The highest BCUT2D eigenvalue weighted by atomic mass is 14.5. The van der Waals surface area contributed by atoms with Crippen LogP contribution in [0.2, 0.25) is 0 Å². The maximum Gasteiger partial charge on any atom is 0.0316 e. The summed E-state index contributed by atoms with van der Waals surface area (Å²) >= 11 is 0. The number of nitrogen functional groups attached to an aromatic ring is 1. The molecule has 0 atom stereocenters. The van der Waals surface area contributed by atoms with Gasteiger partial charge in [-0.25, -0.2) is 0 Å². The second-order valence-corrected chi connectivity index (χ2v) is 4.53. The van der Waals surface area contributed by atoms with Crippen molar-refractivity contribution in [2.75, 3.05) is 5.73 Å². The number of hydrogen-bond acceptors (Lipinski definition) is 1. The van der Waals surface area contributed by atoms with Crippen LogP contribution in [0.4, 0.5) is 5.69 Å². The van der Waals surface area contributed by atoms with Crippen molar-refractivity contribution in [3.05, 3.63) is 64.7 Å². The fourth-order valence-electron chi connectivity index (χ4n) is 2.03. The minimum absolute atomic E-state index is 0.840. The number of anilines is 1. The van der Waals surface area contributed by atoms with Crippen LogP contribution in [-0.4, -0.2) is 0 Å². The summed E-state index contributed by atoms with van der Waals surface area (Å²) in [4.78, 5) is 0. The van der Waals surface area contributed by atoms with E-state index >= 15 is 0 Å². The Morgan fingerprint density at radius 1 is 0.941 bits per heavy atom. The van der Waals surface area contributed by atoms with E-state index in [0.29, 0.717) is 0 Å². The largest absolute Gasteiger partial charge is 0.399 e. The van der Waals surface area contributed by atoms with Crippen LogP contribution in [0.1, 0.15) is 29.2 Å². The number of nitrogens with two attached hydrogens (primary N) is 1. The molecule has 0 aliphatic rings. The summed E-state index contributed by atoms with van der Waals surface area (Å²) in [6, 6.07) is 15.0. The monoisotopic (exact) mass is 225 g/mol. The minimum Gasteiger partial charge on any atom is -0.399 e. The van der Waals surface area contributed by atoms with Gasteiger partial charge in [0.05, 0.1) is 0 Å². The van der Waals surface area contributed by atoms with E-state index < -0.39 is 0 Å². The van der Waals surface area contributed by atoms with Crippen LogP contribution >= 0.6 is 0 Å². The zero-order valence-corrected chi connectivity index (χ0v) is 10.5. The maximum atomic E-state index is 5.76. The van der Waals surface area contributed by atoms with Crippen LogP contribution in [0.5, 0.6) is 0 Å². The highest BCUT2D eigenvalue weighted by Gasteiger charge is 2.00. The van der Waals surface area contributed by atoms with Gasteiger partial charge in [0.25, 0.3) is 0 Å². The molecule has 0 aromatic heterocycles. The quantitative estimate of drug-likeness (QED) is 0.791. The van der Waals surface area contributed by atoms with Gasteiger partial charge in [-0.05, 0) is 54.2 Å². The molecule has 17 heavy (non-hydrogen) atoms. The van der Waals surface area contributed by atoms with Crippen molar-refractivity contribution < 1.29 is 0 Å². The van der Waals surface area contributed by atoms with Crippen LogP contribution in [0.25, 0.3) is 0 Å². The van der Waals surface area contributed by atoms with Crippen molar-refractivity contribution >= 4 is 5.69 Å². The lowest BCUT2D eigenvalue weighted by Crippen LogP contribution is -1.94. The summed E-state index contributed by atoms with van der Waals surface area (Å²) in [5, 5.41) is 0. The van der Waals surface area contributed by atoms with Crippen molar-refractivity contribution in [2.45, 2.75) is 26.7 Å². The first-order valence-corrected chi connectivity index (χ1v) is 6.12. The molecule has 0 aliphatic carbocycles. The van der Waals surface area contributed by atoms with Crippen molar-refractivity contribution in [1.82, 2.24) is 0 Å². The number of hydrogen-bond donors (Lipinski definition) is 1. The molecule has 0 spiro atoms. The number of benzene rings is 2. The lowest BCUT2D eigenvalue weighted by Gasteiger charge is -2.07. The van der Waals surface area contributed by atoms with Gasteiger partial charge in [-0.2, -0.15) is 0 Å². The molecular formula is C16H19N. The maximum absolute atomic E-state index is 5.76. The van der Waals surface area contributed by atoms with E-state index in [0.717, 1.165) is 18.5 Å². The molecule has 0 bridgehead atoms. The van der Waals surface area contributed by atoms with Crippen LogP contribution in [0.15, 0.2) is 42.5 Å². The molecule has 0 saturated heterocycles. The normalized spacial score (nSPS) is 10.5. The summed E-state index contributed by atoms with van der Waals surface area (Å²) in [7, 11) is 0. The molecule has 0 fully saturated rings. The van der Waals surface area contributed by atoms with Gasteiger partial charge in [0.15, 0.2) is 0 Å². The topological polar surface area (TPSA) is 26.0 Å². The molecule has 0 saturated carbocycles. The Bertz CT molecular complexity index is 497. The van der Waals surface area contributed by atoms with Crippen LogP contribution in [0.3, 0.4) is 0 Å². The molecule has 2 aromatic carbocycles. The molecule has 2 aromatic rings. The average molecular weight is 225 g/mol. The van der Waals surface area contributed by atoms with Gasteiger partial charge in [-0.15, -0.1) is 0 Å². The second kappa shape index (κ2) is 5.05. The third-order valence-corrected chi connectivity index (χ3v) is 3.19. The smallest absolute Gasteiger partial charge is 0.0316 e. The molecule has 0 unspecified atom stereocenters. The van der Waals surface area contributed by atoms with Gasteiger partial charge >= 0.3 is 0 Å². The SMILES string of the molecule is CCc1ccc(Cc2ccc(N)cc2C)cc1. The van der Waals surface area contributed by atoms with E-state index in [2.05, 4.69) is 44.2 Å². The van der Waals surface area contributed by atoms with Gasteiger partial charge in [-0.3, -0.25) is 0 Å². The van der Waals surface area contributed by atoms with Crippen molar-refractivity contribution in [3.8, 4) is 0 Å². The Morgan fingerprint density at radius 2 is 1.59 bits per heavy atom. The third-order valence-electron chi connectivity index (χ3n) is 3.19. The predicted octanol–water partition coefficient (Wildman–Crippen LogP) is 3.73. The minimum atomic E-state index is 0.840. The Hall–Kier alpha value is -1.76. The Morgan fingerprint density at radius 3 is 2.18 bits per heavy atom. The van der Waals surface area contributed by atoms with Gasteiger partial charge in [0.2, 0.25) is 0 Å². The van der Waals surface area contributed by atoms with Crippen LogP contribution in [0, 0.1) is 6.92 Å². The van der Waals surface area contributed by atoms with E-state index in [1.165, 1.54) is 22.3 Å². The number of rotatable bonds is 3. The Kier molecular flexibility index (Phi) is 3.48. The van der Waals surface area contributed by atoms with E-state index in [9.17, 15) is 0 Å². The number of aryl methyl sites for hydroxylation is 2. The predicted molar refractivity (Wildman–Crippen MR) is 74.2 cm³/mol. The summed E-state index contributed by atoms with van der Waals surface area (Å²) in [6.45, 7) is 4.30. The fourth-order valence-corrected chi connectivity index (χ4v) is 2.03. The van der Waals surface area contributed by atoms with Crippen molar-refractivity contribution in [1.29, 1.82) is 0 Å². The summed E-state index contributed by atoms with van der Waals surface area (Å²) in [5.41, 5.74) is 12.0.